The maximum absolute atomic E-state index is 8.49. The molecule has 0 bridgehead atoms. The Morgan fingerprint density at radius 1 is 1.50 bits per heavy atom. The molecule has 0 atom stereocenters. The van der Waals surface area contributed by atoms with Crippen LogP contribution >= 0.6 is 0 Å². The van der Waals surface area contributed by atoms with Crippen LogP contribution in [0.2, 0.25) is 0 Å². The fraction of sp³-hybridized carbons (Fsp3) is 0.273. The third kappa shape index (κ3) is 1.47. The highest BCUT2D eigenvalue weighted by molar-refractivity contribution is 5.79. The second-order valence-electron chi connectivity index (χ2n) is 3.34. The Morgan fingerprint density at radius 3 is 3.14 bits per heavy atom. The number of fused-ring (bicyclic) bond motifs is 1. The van der Waals surface area contributed by atoms with Crippen LogP contribution in [0.1, 0.15) is 12.0 Å². The summed E-state index contributed by atoms with van der Waals surface area (Å²) < 4.78 is 1.87. The first kappa shape index (κ1) is 8.76. The van der Waals surface area contributed by atoms with Crippen LogP contribution in [0.3, 0.4) is 0 Å². The van der Waals surface area contributed by atoms with Gasteiger partial charge in [-0.3, -0.25) is 4.68 Å². The molecule has 0 aliphatic rings. The van der Waals surface area contributed by atoms with E-state index < -0.39 is 0 Å². The number of rotatable bonds is 2. The zero-order valence-electron chi connectivity index (χ0n) is 8.07. The highest BCUT2D eigenvalue weighted by Crippen LogP contribution is 2.15. The normalized spacial score (nSPS) is 10.3. The average molecular weight is 185 g/mol. The van der Waals surface area contributed by atoms with Gasteiger partial charge >= 0.3 is 0 Å². The summed E-state index contributed by atoms with van der Waals surface area (Å²) in [5, 5.41) is 13.9. The van der Waals surface area contributed by atoms with Gasteiger partial charge in [-0.25, -0.2) is 0 Å². The van der Waals surface area contributed by atoms with Gasteiger partial charge in [-0.05, 0) is 19.1 Å². The van der Waals surface area contributed by atoms with Crippen LogP contribution in [0.15, 0.2) is 24.4 Å². The fourth-order valence-electron chi connectivity index (χ4n) is 1.54. The van der Waals surface area contributed by atoms with Crippen molar-refractivity contribution in [2.24, 2.45) is 0 Å². The Kier molecular flexibility index (Phi) is 2.19. The molecular formula is C11H11N3. The van der Waals surface area contributed by atoms with Crippen molar-refractivity contribution in [2.75, 3.05) is 0 Å². The van der Waals surface area contributed by atoms with E-state index in [0.29, 0.717) is 13.0 Å². The maximum atomic E-state index is 8.49. The Bertz CT molecular complexity index is 491. The van der Waals surface area contributed by atoms with Crippen LogP contribution < -0.4 is 0 Å². The molecule has 0 unspecified atom stereocenters. The molecule has 70 valence electrons. The second-order valence-corrected chi connectivity index (χ2v) is 3.34. The smallest absolute Gasteiger partial charge is 0.0682 e. The van der Waals surface area contributed by atoms with Crippen LogP contribution in [0.25, 0.3) is 10.9 Å². The predicted octanol–water partition coefficient (Wildman–Crippen LogP) is 2.26. The summed E-state index contributed by atoms with van der Waals surface area (Å²) in [6, 6.07) is 8.34. The Morgan fingerprint density at radius 2 is 2.36 bits per heavy atom. The Balaban J connectivity index is 2.43. The number of nitriles is 1. The first-order valence-corrected chi connectivity index (χ1v) is 4.60. The van der Waals surface area contributed by atoms with Gasteiger partial charge < -0.3 is 0 Å². The van der Waals surface area contributed by atoms with E-state index in [9.17, 15) is 0 Å². The molecule has 1 aromatic heterocycles. The van der Waals surface area contributed by atoms with Gasteiger partial charge in [0, 0.05) is 5.39 Å². The SMILES string of the molecule is Cc1ccc2c(cnn2CCC#N)c1. The Hall–Kier alpha value is -1.82. The number of aromatic nitrogens is 2. The van der Waals surface area contributed by atoms with Crippen LogP contribution in [-0.4, -0.2) is 9.78 Å². The van der Waals surface area contributed by atoms with Gasteiger partial charge in [0.15, 0.2) is 0 Å². The van der Waals surface area contributed by atoms with Crippen LogP contribution in [0.4, 0.5) is 0 Å². The van der Waals surface area contributed by atoms with Gasteiger partial charge in [-0.1, -0.05) is 11.6 Å². The molecule has 1 heterocycles. The largest absolute Gasteiger partial charge is 0.264 e. The molecule has 3 heteroatoms. The van der Waals surface area contributed by atoms with Crippen molar-refractivity contribution in [3.63, 3.8) is 0 Å². The lowest BCUT2D eigenvalue weighted by atomic mass is 10.2. The lowest BCUT2D eigenvalue weighted by molar-refractivity contribution is 0.649. The molecule has 0 fully saturated rings. The number of aryl methyl sites for hydroxylation is 2. The molecule has 0 N–H and O–H groups in total. The van der Waals surface area contributed by atoms with Gasteiger partial charge in [0.2, 0.25) is 0 Å². The molecule has 14 heavy (non-hydrogen) atoms. The quantitative estimate of drug-likeness (QED) is 0.720. The van der Waals surface area contributed by atoms with Crippen molar-refractivity contribution in [2.45, 2.75) is 19.9 Å². The average Bonchev–Trinajstić information content (AvgIpc) is 2.57. The standard InChI is InChI=1S/C11H11N3/c1-9-3-4-11-10(7-9)8-13-14(11)6-2-5-12/h3-4,7-8H,2,6H2,1H3. The van der Waals surface area contributed by atoms with Crippen molar-refractivity contribution in [1.29, 1.82) is 5.26 Å². The summed E-state index contributed by atoms with van der Waals surface area (Å²) in [6.45, 7) is 2.73. The van der Waals surface area contributed by atoms with Crippen LogP contribution in [0.5, 0.6) is 0 Å². The Labute approximate surface area is 82.6 Å². The van der Waals surface area contributed by atoms with E-state index in [0.717, 1.165) is 10.9 Å². The molecule has 2 aromatic rings. The van der Waals surface area contributed by atoms with Gasteiger partial charge in [0.1, 0.15) is 0 Å². The minimum absolute atomic E-state index is 0.505. The topological polar surface area (TPSA) is 41.6 Å². The summed E-state index contributed by atoms with van der Waals surface area (Å²) in [5.74, 6) is 0. The number of hydrogen-bond donors (Lipinski definition) is 0. The molecule has 0 radical (unpaired) electrons. The first-order valence-electron chi connectivity index (χ1n) is 4.60. The van der Waals surface area contributed by atoms with Crippen LogP contribution in [0, 0.1) is 18.3 Å². The van der Waals surface area contributed by atoms with E-state index >= 15 is 0 Å². The van der Waals surface area contributed by atoms with E-state index in [2.05, 4.69) is 36.3 Å². The highest BCUT2D eigenvalue weighted by atomic mass is 15.3. The number of hydrogen-bond acceptors (Lipinski definition) is 2. The van der Waals surface area contributed by atoms with Crippen molar-refractivity contribution >= 4 is 10.9 Å². The molecule has 0 aliphatic heterocycles. The zero-order chi connectivity index (χ0) is 9.97. The third-order valence-corrected chi connectivity index (χ3v) is 2.23. The summed E-state index contributed by atoms with van der Waals surface area (Å²) in [7, 11) is 0. The summed E-state index contributed by atoms with van der Waals surface area (Å²) in [6.07, 6.45) is 2.35. The lowest BCUT2D eigenvalue weighted by Crippen LogP contribution is -1.98. The third-order valence-electron chi connectivity index (χ3n) is 2.23. The lowest BCUT2D eigenvalue weighted by Gasteiger charge is -1.99. The maximum Gasteiger partial charge on any atom is 0.0682 e. The predicted molar refractivity (Wildman–Crippen MR) is 54.7 cm³/mol. The molecule has 0 amide bonds. The highest BCUT2D eigenvalue weighted by Gasteiger charge is 2.01. The summed E-state index contributed by atoms with van der Waals surface area (Å²) >= 11 is 0. The first-order chi connectivity index (χ1) is 6.81. The van der Waals surface area contributed by atoms with Gasteiger partial charge in [-0.15, -0.1) is 0 Å². The minimum Gasteiger partial charge on any atom is -0.264 e. The summed E-state index contributed by atoms with van der Waals surface area (Å²) in [5.41, 5.74) is 2.34. The number of nitrogens with zero attached hydrogens (tertiary/aromatic N) is 3. The van der Waals surface area contributed by atoms with E-state index in [4.69, 9.17) is 5.26 Å². The molecule has 3 nitrogen and oxygen atoms in total. The zero-order valence-corrected chi connectivity index (χ0v) is 8.07. The van der Waals surface area contributed by atoms with Gasteiger partial charge in [0.05, 0.1) is 30.7 Å². The monoisotopic (exact) mass is 185 g/mol. The van der Waals surface area contributed by atoms with Crippen molar-refractivity contribution in [1.82, 2.24) is 9.78 Å². The molecule has 0 spiro atoms. The number of benzene rings is 1. The molecular weight excluding hydrogens is 174 g/mol. The van der Waals surface area contributed by atoms with E-state index in [-0.39, 0.29) is 0 Å². The van der Waals surface area contributed by atoms with Crippen LogP contribution in [-0.2, 0) is 6.54 Å². The molecule has 0 aliphatic carbocycles. The van der Waals surface area contributed by atoms with Gasteiger partial charge in [-0.2, -0.15) is 10.4 Å². The van der Waals surface area contributed by atoms with E-state index in [1.54, 1.807) is 0 Å². The van der Waals surface area contributed by atoms with E-state index in [1.165, 1.54) is 5.56 Å². The molecule has 2 rings (SSSR count). The van der Waals surface area contributed by atoms with Crippen molar-refractivity contribution in [3.8, 4) is 6.07 Å². The minimum atomic E-state index is 0.505. The molecule has 0 saturated carbocycles. The van der Waals surface area contributed by atoms with Gasteiger partial charge in [0.25, 0.3) is 0 Å². The fourth-order valence-corrected chi connectivity index (χ4v) is 1.54. The molecule has 0 saturated heterocycles. The van der Waals surface area contributed by atoms with Crippen molar-refractivity contribution in [3.05, 3.63) is 30.0 Å². The van der Waals surface area contributed by atoms with E-state index in [1.807, 2.05) is 10.9 Å². The second kappa shape index (κ2) is 3.51. The molecule has 1 aromatic carbocycles. The van der Waals surface area contributed by atoms with Crippen molar-refractivity contribution < 1.29 is 0 Å². The summed E-state index contributed by atoms with van der Waals surface area (Å²) in [4.78, 5) is 0.